The van der Waals surface area contributed by atoms with E-state index in [1.165, 1.54) is 6.07 Å². The monoisotopic (exact) mass is 556 g/mol. The molecule has 0 spiro atoms. The highest BCUT2D eigenvalue weighted by molar-refractivity contribution is 6.09. The first kappa shape index (κ1) is 28.6. The number of rotatable bonds is 6. The number of amidine groups is 1. The van der Waals surface area contributed by atoms with Crippen LogP contribution in [0.4, 0.5) is 19.0 Å². The SMILES string of the molecule is CCC(=O)N1CCCC(c2nc(-c3ccc(C(=O)NC(=N)/C=C(\NC)C(F)(F)F)cc3C)c3c(N)nccn23)C1. The summed E-state index contributed by atoms with van der Waals surface area (Å²) in [5.41, 5.74) is 7.83. The van der Waals surface area contributed by atoms with Crippen molar-refractivity contribution in [3.05, 3.63) is 59.3 Å². The number of aryl methyl sites for hydroxylation is 1. The largest absolute Gasteiger partial charge is 0.431 e. The topological polar surface area (TPSA) is 142 Å². The van der Waals surface area contributed by atoms with E-state index in [0.29, 0.717) is 47.9 Å². The molecule has 212 valence electrons. The quantitative estimate of drug-likeness (QED) is 0.269. The molecule has 1 unspecified atom stereocenters. The van der Waals surface area contributed by atoms with E-state index < -0.39 is 23.6 Å². The van der Waals surface area contributed by atoms with Gasteiger partial charge in [-0.15, -0.1) is 0 Å². The molecule has 1 aliphatic heterocycles. The number of benzene rings is 1. The van der Waals surface area contributed by atoms with Crippen LogP contribution in [0.5, 0.6) is 0 Å². The highest BCUT2D eigenvalue weighted by Gasteiger charge is 2.33. The summed E-state index contributed by atoms with van der Waals surface area (Å²) < 4.78 is 40.8. The molecule has 4 rings (SSSR count). The van der Waals surface area contributed by atoms with E-state index in [1.54, 1.807) is 31.5 Å². The third-order valence-electron chi connectivity index (χ3n) is 6.91. The lowest BCUT2D eigenvalue weighted by atomic mass is 9.97. The average Bonchev–Trinajstić information content (AvgIpc) is 3.31. The number of amides is 2. The number of halogens is 3. The van der Waals surface area contributed by atoms with Crippen molar-refractivity contribution in [3.8, 4) is 11.3 Å². The van der Waals surface area contributed by atoms with Crippen LogP contribution >= 0.6 is 0 Å². The van der Waals surface area contributed by atoms with Crippen LogP contribution in [0.3, 0.4) is 0 Å². The summed E-state index contributed by atoms with van der Waals surface area (Å²) in [6.07, 6.45) is 1.35. The number of fused-ring (bicyclic) bond motifs is 1. The average molecular weight is 557 g/mol. The Morgan fingerprint density at radius 2 is 2.05 bits per heavy atom. The van der Waals surface area contributed by atoms with Gasteiger partial charge >= 0.3 is 6.18 Å². The predicted molar refractivity (Wildman–Crippen MR) is 145 cm³/mol. The van der Waals surface area contributed by atoms with Crippen molar-refractivity contribution in [1.82, 2.24) is 29.9 Å². The molecule has 2 aromatic heterocycles. The molecule has 1 fully saturated rings. The molecule has 5 N–H and O–H groups in total. The minimum atomic E-state index is -4.69. The lowest BCUT2D eigenvalue weighted by Gasteiger charge is -2.32. The first-order chi connectivity index (χ1) is 18.9. The summed E-state index contributed by atoms with van der Waals surface area (Å²) >= 11 is 0. The number of aromatic nitrogens is 3. The second kappa shape index (κ2) is 11.4. The second-order valence-corrected chi connectivity index (χ2v) is 9.59. The van der Waals surface area contributed by atoms with Crippen molar-refractivity contribution in [2.75, 3.05) is 25.9 Å². The zero-order valence-electron chi connectivity index (χ0n) is 22.4. The van der Waals surface area contributed by atoms with E-state index in [4.69, 9.17) is 16.1 Å². The molecule has 1 saturated heterocycles. The van der Waals surface area contributed by atoms with Crippen molar-refractivity contribution in [2.45, 2.75) is 45.2 Å². The fraction of sp³-hybridized carbons (Fsp3) is 0.370. The van der Waals surface area contributed by atoms with Gasteiger partial charge in [-0.25, -0.2) is 9.97 Å². The summed E-state index contributed by atoms with van der Waals surface area (Å²) in [7, 11) is 1.08. The summed E-state index contributed by atoms with van der Waals surface area (Å²) in [6.45, 7) is 4.89. The molecule has 1 aliphatic rings. The Balaban J connectivity index is 1.65. The molecule has 3 aromatic rings. The molecule has 0 bridgehead atoms. The summed E-state index contributed by atoms with van der Waals surface area (Å²) in [4.78, 5) is 36.1. The summed E-state index contributed by atoms with van der Waals surface area (Å²) in [6, 6.07) is 4.77. The molecule has 0 saturated carbocycles. The van der Waals surface area contributed by atoms with Crippen LogP contribution in [0.1, 0.15) is 53.8 Å². The van der Waals surface area contributed by atoms with Gasteiger partial charge in [0.2, 0.25) is 5.91 Å². The van der Waals surface area contributed by atoms with Gasteiger partial charge in [0.15, 0.2) is 0 Å². The van der Waals surface area contributed by atoms with Crippen molar-refractivity contribution in [2.24, 2.45) is 0 Å². The smallest absolute Gasteiger partial charge is 0.384 e. The number of carbonyl (C=O) groups is 2. The van der Waals surface area contributed by atoms with E-state index in [2.05, 4.69) is 10.3 Å². The van der Waals surface area contributed by atoms with Crippen LogP contribution in [0.15, 0.2) is 42.4 Å². The molecule has 1 aromatic carbocycles. The molecule has 13 heteroatoms. The number of carbonyl (C=O) groups excluding carboxylic acids is 2. The Labute approximate surface area is 229 Å². The van der Waals surface area contributed by atoms with Gasteiger partial charge in [0.05, 0.1) is 0 Å². The van der Waals surface area contributed by atoms with Gasteiger partial charge in [-0.2, -0.15) is 13.2 Å². The molecule has 0 radical (unpaired) electrons. The lowest BCUT2D eigenvalue weighted by molar-refractivity contribution is -0.132. The minimum absolute atomic E-state index is 0.00377. The first-order valence-corrected chi connectivity index (χ1v) is 12.8. The highest BCUT2D eigenvalue weighted by atomic mass is 19.4. The number of alkyl halides is 3. The standard InChI is InChI=1S/C27H31F3N8O2/c1-4-21(39)37-10-5-6-17(14-37)25-36-22(23-24(32)34-9-11-38(23)25)18-8-7-16(12-15(18)2)26(40)35-20(31)13-19(33-3)27(28,29)30/h7-9,11-13,17,33H,4-6,10,14H2,1-3H3,(H2,32,34)(H2,31,35,40)/b19-13-. The van der Waals surface area contributed by atoms with Gasteiger partial charge in [-0.05, 0) is 37.5 Å². The van der Waals surface area contributed by atoms with Crippen LogP contribution in [0.25, 0.3) is 16.8 Å². The minimum Gasteiger partial charge on any atom is -0.384 e. The number of allylic oxidation sites excluding steroid dienone is 1. The van der Waals surface area contributed by atoms with Crippen molar-refractivity contribution >= 4 is 29.0 Å². The van der Waals surface area contributed by atoms with Gasteiger partial charge in [0.1, 0.15) is 34.4 Å². The van der Waals surface area contributed by atoms with Gasteiger partial charge < -0.3 is 21.3 Å². The van der Waals surface area contributed by atoms with Gasteiger partial charge in [0.25, 0.3) is 5.91 Å². The van der Waals surface area contributed by atoms with E-state index in [0.717, 1.165) is 25.7 Å². The van der Waals surface area contributed by atoms with E-state index in [-0.39, 0.29) is 23.2 Å². The zero-order chi connectivity index (χ0) is 29.2. The predicted octanol–water partition coefficient (Wildman–Crippen LogP) is 3.78. The molecule has 40 heavy (non-hydrogen) atoms. The third kappa shape index (κ3) is 5.77. The number of nitrogens with zero attached hydrogens (tertiary/aromatic N) is 4. The van der Waals surface area contributed by atoms with Crippen LogP contribution < -0.4 is 16.4 Å². The normalized spacial score (nSPS) is 16.2. The Kier molecular flexibility index (Phi) is 8.12. The number of imidazole rings is 1. The third-order valence-corrected chi connectivity index (χ3v) is 6.91. The number of nitrogen functional groups attached to an aromatic ring is 1. The van der Waals surface area contributed by atoms with Crippen LogP contribution in [0, 0.1) is 12.3 Å². The second-order valence-electron chi connectivity index (χ2n) is 9.59. The van der Waals surface area contributed by atoms with Gasteiger partial charge in [0, 0.05) is 62.1 Å². The molecule has 1 atom stereocenters. The number of hydrogen-bond acceptors (Lipinski definition) is 7. The molecular weight excluding hydrogens is 525 g/mol. The Bertz CT molecular complexity index is 1490. The van der Waals surface area contributed by atoms with Crippen LogP contribution in [0.2, 0.25) is 0 Å². The summed E-state index contributed by atoms with van der Waals surface area (Å²) in [5.74, 6) is -0.302. The van der Waals surface area contributed by atoms with E-state index in [9.17, 15) is 22.8 Å². The maximum absolute atomic E-state index is 13.0. The Morgan fingerprint density at radius 1 is 1.30 bits per heavy atom. The number of nitrogens with one attached hydrogen (secondary N) is 3. The van der Waals surface area contributed by atoms with Gasteiger partial charge in [-0.1, -0.05) is 13.0 Å². The molecule has 10 nitrogen and oxygen atoms in total. The number of nitrogens with two attached hydrogens (primary N) is 1. The van der Waals surface area contributed by atoms with Crippen LogP contribution in [-0.2, 0) is 4.79 Å². The van der Waals surface area contributed by atoms with E-state index >= 15 is 0 Å². The Morgan fingerprint density at radius 3 is 2.70 bits per heavy atom. The fourth-order valence-corrected chi connectivity index (χ4v) is 4.94. The number of hydrogen-bond donors (Lipinski definition) is 4. The molecule has 0 aliphatic carbocycles. The van der Waals surface area contributed by atoms with Crippen molar-refractivity contribution in [3.63, 3.8) is 0 Å². The van der Waals surface area contributed by atoms with Crippen molar-refractivity contribution in [1.29, 1.82) is 5.41 Å². The Hall–Kier alpha value is -4.42. The lowest BCUT2D eigenvalue weighted by Crippen LogP contribution is -2.39. The number of likely N-dealkylation sites (tertiary alicyclic amines) is 1. The maximum Gasteiger partial charge on any atom is 0.431 e. The van der Waals surface area contributed by atoms with Crippen molar-refractivity contribution < 1.29 is 22.8 Å². The van der Waals surface area contributed by atoms with Crippen LogP contribution in [-0.4, -0.2) is 63.2 Å². The number of anilines is 1. The highest BCUT2D eigenvalue weighted by Crippen LogP contribution is 2.35. The van der Waals surface area contributed by atoms with E-state index in [1.807, 2.05) is 21.5 Å². The molecule has 2 amide bonds. The maximum atomic E-state index is 13.0. The molecular formula is C27H31F3N8O2. The van der Waals surface area contributed by atoms with Gasteiger partial charge in [-0.3, -0.25) is 19.4 Å². The fourth-order valence-electron chi connectivity index (χ4n) is 4.94. The number of piperidine rings is 1. The zero-order valence-corrected chi connectivity index (χ0v) is 22.4. The first-order valence-electron chi connectivity index (χ1n) is 12.8. The summed E-state index contributed by atoms with van der Waals surface area (Å²) in [5, 5.41) is 11.9. The molecule has 3 heterocycles.